The smallest absolute Gasteiger partial charge is 0.275 e. The van der Waals surface area contributed by atoms with Gasteiger partial charge in [0.25, 0.3) is 5.91 Å². The number of rotatable bonds is 5. The number of aromatic nitrogens is 1. The monoisotopic (exact) mass is 403 g/mol. The lowest BCUT2D eigenvalue weighted by molar-refractivity contribution is 0.0952. The molecule has 2 N–H and O–H groups in total. The first kappa shape index (κ1) is 18.8. The molecule has 0 aliphatic heterocycles. The molecule has 0 spiro atoms. The van der Waals surface area contributed by atoms with Crippen LogP contribution in [-0.2, 0) is 6.54 Å². The Bertz CT molecular complexity index is 1200. The normalized spacial score (nSPS) is 11.2. The Kier molecular flexibility index (Phi) is 5.31. The zero-order valence-electron chi connectivity index (χ0n) is 15.4. The van der Waals surface area contributed by atoms with E-state index in [1.807, 2.05) is 42.6 Å². The summed E-state index contributed by atoms with van der Waals surface area (Å²) in [6.45, 7) is 0.734. The Morgan fingerprint density at radius 3 is 2.66 bits per heavy atom. The molecule has 6 heteroatoms. The first-order valence-corrected chi connectivity index (χ1v) is 9.43. The third-order valence-electron chi connectivity index (χ3n) is 4.59. The van der Waals surface area contributed by atoms with Gasteiger partial charge in [0.05, 0.1) is 11.8 Å². The number of hydrogen-bond acceptors (Lipinski definition) is 3. The number of phenols is 1. The van der Waals surface area contributed by atoms with Crippen molar-refractivity contribution in [1.82, 2.24) is 9.99 Å². The number of hydrazone groups is 1. The first-order valence-electron chi connectivity index (χ1n) is 9.05. The maximum Gasteiger partial charge on any atom is 0.275 e. The molecule has 0 saturated heterocycles. The van der Waals surface area contributed by atoms with Gasteiger partial charge in [-0.25, -0.2) is 5.43 Å². The van der Waals surface area contributed by atoms with Crippen molar-refractivity contribution in [2.75, 3.05) is 0 Å². The van der Waals surface area contributed by atoms with E-state index in [2.05, 4.69) is 33.3 Å². The summed E-state index contributed by atoms with van der Waals surface area (Å²) in [5, 5.41) is 15.3. The Labute approximate surface area is 172 Å². The molecule has 1 heterocycles. The number of nitrogens with zero attached hydrogens (tertiary/aromatic N) is 2. The molecule has 0 aliphatic carbocycles. The van der Waals surface area contributed by atoms with Crippen LogP contribution < -0.4 is 5.43 Å². The van der Waals surface area contributed by atoms with Crippen molar-refractivity contribution in [2.45, 2.75) is 6.54 Å². The average molecular weight is 404 g/mol. The molecule has 144 valence electrons. The molecule has 4 aromatic rings. The minimum atomic E-state index is -0.533. The predicted molar refractivity (Wildman–Crippen MR) is 116 cm³/mol. The molecule has 5 nitrogen and oxygen atoms in total. The number of carbonyl (C=O) groups is 1. The fourth-order valence-electron chi connectivity index (χ4n) is 3.20. The van der Waals surface area contributed by atoms with Crippen LogP contribution >= 0.6 is 11.6 Å². The molecule has 0 radical (unpaired) electrons. The largest absolute Gasteiger partial charge is 0.507 e. The van der Waals surface area contributed by atoms with Gasteiger partial charge in [0.15, 0.2) is 0 Å². The van der Waals surface area contributed by atoms with Gasteiger partial charge in [-0.15, -0.1) is 0 Å². The van der Waals surface area contributed by atoms with Crippen LogP contribution in [0.5, 0.6) is 5.75 Å². The second kappa shape index (κ2) is 8.20. The summed E-state index contributed by atoms with van der Waals surface area (Å²) in [5.74, 6) is -0.684. The van der Waals surface area contributed by atoms with Crippen LogP contribution in [0.4, 0.5) is 0 Å². The third kappa shape index (κ3) is 4.15. The summed E-state index contributed by atoms with van der Waals surface area (Å²) in [6, 6.07) is 22.5. The van der Waals surface area contributed by atoms with Crippen molar-refractivity contribution in [3.05, 3.63) is 101 Å². The molecule has 0 unspecified atom stereocenters. The first-order chi connectivity index (χ1) is 14.1. The fraction of sp³-hybridized carbons (Fsp3) is 0.0435. The van der Waals surface area contributed by atoms with Crippen molar-refractivity contribution in [3.63, 3.8) is 0 Å². The maximum atomic E-state index is 12.3. The van der Waals surface area contributed by atoms with Crippen molar-refractivity contribution in [1.29, 1.82) is 0 Å². The van der Waals surface area contributed by atoms with E-state index < -0.39 is 5.91 Å². The maximum absolute atomic E-state index is 12.3. The SMILES string of the molecule is O=C(NN=Cc1cn(Cc2ccccc2)c2ccccc12)c1cc(Cl)ccc1O. The van der Waals surface area contributed by atoms with Crippen LogP contribution in [0.15, 0.2) is 84.1 Å². The summed E-state index contributed by atoms with van der Waals surface area (Å²) >= 11 is 5.89. The van der Waals surface area contributed by atoms with Crippen LogP contribution in [0.2, 0.25) is 5.02 Å². The van der Waals surface area contributed by atoms with Crippen molar-refractivity contribution in [2.24, 2.45) is 5.10 Å². The van der Waals surface area contributed by atoms with E-state index in [1.165, 1.54) is 23.8 Å². The van der Waals surface area contributed by atoms with Crippen LogP contribution in [0.1, 0.15) is 21.5 Å². The van der Waals surface area contributed by atoms with Gasteiger partial charge < -0.3 is 9.67 Å². The van der Waals surface area contributed by atoms with E-state index in [1.54, 1.807) is 6.21 Å². The van der Waals surface area contributed by atoms with Gasteiger partial charge in [-0.05, 0) is 29.8 Å². The van der Waals surface area contributed by atoms with E-state index >= 15 is 0 Å². The van der Waals surface area contributed by atoms with Gasteiger partial charge in [0.2, 0.25) is 0 Å². The number of fused-ring (bicyclic) bond motifs is 1. The van der Waals surface area contributed by atoms with Gasteiger partial charge in [-0.3, -0.25) is 4.79 Å². The van der Waals surface area contributed by atoms with E-state index in [0.717, 1.165) is 23.0 Å². The van der Waals surface area contributed by atoms with Gasteiger partial charge in [-0.2, -0.15) is 5.10 Å². The molecule has 0 saturated carbocycles. The van der Waals surface area contributed by atoms with Gasteiger partial charge in [0.1, 0.15) is 5.75 Å². The molecule has 4 rings (SSSR count). The Hall–Kier alpha value is -3.57. The van der Waals surface area contributed by atoms with Gasteiger partial charge in [0, 0.05) is 34.2 Å². The molecular weight excluding hydrogens is 386 g/mol. The highest BCUT2D eigenvalue weighted by molar-refractivity contribution is 6.31. The summed E-state index contributed by atoms with van der Waals surface area (Å²) in [4.78, 5) is 12.3. The fourth-order valence-corrected chi connectivity index (χ4v) is 3.37. The number of hydrogen-bond donors (Lipinski definition) is 2. The quantitative estimate of drug-likeness (QED) is 0.371. The molecule has 3 aromatic carbocycles. The molecule has 0 aliphatic rings. The van der Waals surface area contributed by atoms with E-state index in [0.29, 0.717) is 5.02 Å². The lowest BCUT2D eigenvalue weighted by Gasteiger charge is -2.05. The predicted octanol–water partition coefficient (Wildman–Crippen LogP) is 4.81. The van der Waals surface area contributed by atoms with Crippen molar-refractivity contribution >= 4 is 34.6 Å². The number of para-hydroxylation sites is 1. The molecule has 0 fully saturated rings. The number of phenolic OH excluding ortho intramolecular Hbond substituents is 1. The van der Waals surface area contributed by atoms with Crippen molar-refractivity contribution in [3.8, 4) is 5.75 Å². The highest BCUT2D eigenvalue weighted by Gasteiger charge is 2.11. The Morgan fingerprint density at radius 1 is 1.07 bits per heavy atom. The zero-order valence-corrected chi connectivity index (χ0v) is 16.2. The molecule has 1 amide bonds. The summed E-state index contributed by atoms with van der Waals surface area (Å²) in [5.41, 5.74) is 5.67. The van der Waals surface area contributed by atoms with Crippen LogP contribution in [0.25, 0.3) is 10.9 Å². The zero-order chi connectivity index (χ0) is 20.2. The molecule has 1 aromatic heterocycles. The van der Waals surface area contributed by atoms with Crippen LogP contribution in [-0.4, -0.2) is 21.8 Å². The van der Waals surface area contributed by atoms with E-state index in [4.69, 9.17) is 11.6 Å². The lowest BCUT2D eigenvalue weighted by Crippen LogP contribution is -2.17. The number of benzene rings is 3. The highest BCUT2D eigenvalue weighted by Crippen LogP contribution is 2.22. The van der Waals surface area contributed by atoms with Crippen molar-refractivity contribution < 1.29 is 9.90 Å². The number of aromatic hydroxyl groups is 1. The summed E-state index contributed by atoms with van der Waals surface area (Å²) in [6.07, 6.45) is 3.60. The van der Waals surface area contributed by atoms with Crippen LogP contribution in [0.3, 0.4) is 0 Å². The Balaban J connectivity index is 1.58. The minimum Gasteiger partial charge on any atom is -0.507 e. The number of halogens is 1. The molecule has 0 bridgehead atoms. The Morgan fingerprint density at radius 2 is 1.83 bits per heavy atom. The topological polar surface area (TPSA) is 66.6 Å². The lowest BCUT2D eigenvalue weighted by atomic mass is 10.2. The summed E-state index contributed by atoms with van der Waals surface area (Å²) in [7, 11) is 0. The highest BCUT2D eigenvalue weighted by atomic mass is 35.5. The number of amides is 1. The standard InChI is InChI=1S/C23H18ClN3O2/c24-18-10-11-22(28)20(12-18)23(29)26-25-13-17-15-27(14-16-6-2-1-3-7-16)21-9-5-4-8-19(17)21/h1-13,15,28H,14H2,(H,26,29). The van der Waals surface area contributed by atoms with E-state index in [-0.39, 0.29) is 11.3 Å². The average Bonchev–Trinajstić information content (AvgIpc) is 3.08. The molecule has 0 atom stereocenters. The van der Waals surface area contributed by atoms with E-state index in [9.17, 15) is 9.90 Å². The second-order valence-corrected chi connectivity index (χ2v) is 7.01. The van der Waals surface area contributed by atoms with Gasteiger partial charge in [-0.1, -0.05) is 60.1 Å². The van der Waals surface area contributed by atoms with Gasteiger partial charge >= 0.3 is 0 Å². The number of nitrogens with one attached hydrogen (secondary N) is 1. The summed E-state index contributed by atoms with van der Waals surface area (Å²) < 4.78 is 2.15. The molecule has 29 heavy (non-hydrogen) atoms. The number of carbonyl (C=O) groups excluding carboxylic acids is 1. The third-order valence-corrected chi connectivity index (χ3v) is 4.82. The molecular formula is C23H18ClN3O2. The minimum absolute atomic E-state index is 0.0705. The van der Waals surface area contributed by atoms with Crippen LogP contribution in [0, 0.1) is 0 Å². The second-order valence-electron chi connectivity index (χ2n) is 6.58.